The molecule has 0 saturated heterocycles. The van der Waals surface area contributed by atoms with Crippen molar-refractivity contribution in [2.45, 2.75) is 37.6 Å². The van der Waals surface area contributed by atoms with Crippen molar-refractivity contribution >= 4 is 21.6 Å². The highest BCUT2D eigenvalue weighted by Crippen LogP contribution is 2.15. The van der Waals surface area contributed by atoms with E-state index in [1.807, 2.05) is 20.8 Å². The molecule has 21 heavy (non-hydrogen) atoms. The lowest BCUT2D eigenvalue weighted by Gasteiger charge is -2.20. The molecule has 0 atom stereocenters. The first-order chi connectivity index (χ1) is 9.49. The Morgan fingerprint density at radius 3 is 2.43 bits per heavy atom. The van der Waals surface area contributed by atoms with Gasteiger partial charge in [0.2, 0.25) is 15.9 Å². The van der Waals surface area contributed by atoms with Crippen LogP contribution in [-0.4, -0.2) is 26.4 Å². The first-order valence-corrected chi connectivity index (χ1v) is 7.85. The Hall–Kier alpha value is -1.67. The number of halogens is 1. The number of nitrogen functional groups attached to an aromatic ring is 1. The maximum atomic E-state index is 13.2. The van der Waals surface area contributed by atoms with Gasteiger partial charge in [-0.15, -0.1) is 0 Å². The number of benzene rings is 1. The van der Waals surface area contributed by atoms with Crippen molar-refractivity contribution < 1.29 is 17.6 Å². The predicted octanol–water partition coefficient (Wildman–Crippen LogP) is 0.991. The normalized spacial score (nSPS) is 12.2. The minimum Gasteiger partial charge on any atom is -0.399 e. The molecular formula is C13H20FN3O3S. The van der Waals surface area contributed by atoms with Gasteiger partial charge in [-0.3, -0.25) is 4.79 Å². The summed E-state index contributed by atoms with van der Waals surface area (Å²) < 4.78 is 39.3. The standard InChI is InChI=1S/C13H20FN3O3S/c1-13(2,3)17-12(18)4-5-16-21(19,20)11-7-9(14)6-10(15)8-11/h6-8,16H,4-5,15H2,1-3H3,(H,17,18). The minimum atomic E-state index is -3.89. The molecule has 6 nitrogen and oxygen atoms in total. The molecule has 0 aliphatic heterocycles. The summed E-state index contributed by atoms with van der Waals surface area (Å²) in [7, 11) is -3.89. The van der Waals surface area contributed by atoms with Gasteiger partial charge in [-0.1, -0.05) is 0 Å². The van der Waals surface area contributed by atoms with Gasteiger partial charge in [0, 0.05) is 24.2 Å². The molecule has 1 aromatic rings. The van der Waals surface area contributed by atoms with Gasteiger partial charge in [-0.2, -0.15) is 0 Å². The van der Waals surface area contributed by atoms with Gasteiger partial charge in [0.15, 0.2) is 0 Å². The first kappa shape index (κ1) is 17.4. The fourth-order valence-electron chi connectivity index (χ4n) is 1.60. The van der Waals surface area contributed by atoms with Crippen molar-refractivity contribution in [2.24, 2.45) is 0 Å². The summed E-state index contributed by atoms with van der Waals surface area (Å²) >= 11 is 0. The van der Waals surface area contributed by atoms with E-state index in [9.17, 15) is 17.6 Å². The van der Waals surface area contributed by atoms with Gasteiger partial charge in [0.05, 0.1) is 4.90 Å². The molecule has 118 valence electrons. The number of rotatable bonds is 5. The Labute approximate surface area is 124 Å². The number of sulfonamides is 1. The summed E-state index contributed by atoms with van der Waals surface area (Å²) in [4.78, 5) is 11.3. The fraction of sp³-hybridized carbons (Fsp3) is 0.462. The van der Waals surface area contributed by atoms with Gasteiger partial charge >= 0.3 is 0 Å². The van der Waals surface area contributed by atoms with Crippen LogP contribution in [0.4, 0.5) is 10.1 Å². The number of nitrogens with one attached hydrogen (secondary N) is 2. The summed E-state index contributed by atoms with van der Waals surface area (Å²) in [5.41, 5.74) is 5.04. The molecule has 0 heterocycles. The number of carbonyl (C=O) groups is 1. The fourth-order valence-corrected chi connectivity index (χ4v) is 2.70. The molecule has 1 rings (SSSR count). The smallest absolute Gasteiger partial charge is 0.240 e. The van der Waals surface area contributed by atoms with Crippen LogP contribution in [0.1, 0.15) is 27.2 Å². The zero-order valence-corrected chi connectivity index (χ0v) is 13.1. The SMILES string of the molecule is CC(C)(C)NC(=O)CCNS(=O)(=O)c1cc(N)cc(F)c1. The third kappa shape index (κ3) is 6.09. The van der Waals surface area contributed by atoms with E-state index in [4.69, 9.17) is 5.73 Å². The highest BCUT2D eigenvalue weighted by Gasteiger charge is 2.17. The molecule has 0 bridgehead atoms. The van der Waals surface area contributed by atoms with Gasteiger partial charge in [0.1, 0.15) is 5.82 Å². The van der Waals surface area contributed by atoms with Crippen molar-refractivity contribution in [1.82, 2.24) is 10.0 Å². The molecule has 8 heteroatoms. The minimum absolute atomic E-state index is 0.0126. The average molecular weight is 317 g/mol. The van der Waals surface area contributed by atoms with Crippen LogP contribution in [0.15, 0.2) is 23.1 Å². The second-order valence-corrected chi connectivity index (χ2v) is 7.43. The van der Waals surface area contributed by atoms with E-state index in [0.29, 0.717) is 0 Å². The Bertz CT molecular complexity index is 604. The van der Waals surface area contributed by atoms with Gasteiger partial charge in [0.25, 0.3) is 0 Å². The van der Waals surface area contributed by atoms with E-state index >= 15 is 0 Å². The molecule has 1 amide bonds. The molecule has 0 aliphatic rings. The van der Waals surface area contributed by atoms with Crippen LogP contribution in [-0.2, 0) is 14.8 Å². The molecule has 0 radical (unpaired) electrons. The summed E-state index contributed by atoms with van der Waals surface area (Å²) in [6, 6.07) is 3.05. The average Bonchev–Trinajstić information content (AvgIpc) is 2.24. The number of amides is 1. The van der Waals surface area contributed by atoms with Crippen molar-refractivity contribution in [3.63, 3.8) is 0 Å². The Balaban J connectivity index is 2.64. The maximum absolute atomic E-state index is 13.2. The summed E-state index contributed by atoms with van der Waals surface area (Å²) in [6.07, 6.45) is -0.0126. The lowest BCUT2D eigenvalue weighted by molar-refractivity contribution is -0.122. The highest BCUT2D eigenvalue weighted by molar-refractivity contribution is 7.89. The van der Waals surface area contributed by atoms with E-state index < -0.39 is 15.8 Å². The van der Waals surface area contributed by atoms with Crippen LogP contribution in [0.5, 0.6) is 0 Å². The zero-order valence-electron chi connectivity index (χ0n) is 12.2. The van der Waals surface area contributed by atoms with Gasteiger partial charge in [-0.25, -0.2) is 17.5 Å². The van der Waals surface area contributed by atoms with Gasteiger partial charge in [-0.05, 0) is 39.0 Å². The first-order valence-electron chi connectivity index (χ1n) is 6.36. The summed E-state index contributed by atoms with van der Waals surface area (Å²) in [5, 5.41) is 2.71. The van der Waals surface area contributed by atoms with Crippen LogP contribution in [0.25, 0.3) is 0 Å². The Morgan fingerprint density at radius 2 is 1.90 bits per heavy atom. The number of hydrogen-bond acceptors (Lipinski definition) is 4. The third-order valence-corrected chi connectivity index (χ3v) is 3.80. The highest BCUT2D eigenvalue weighted by atomic mass is 32.2. The molecule has 4 N–H and O–H groups in total. The third-order valence-electron chi connectivity index (χ3n) is 2.36. The Morgan fingerprint density at radius 1 is 1.29 bits per heavy atom. The van der Waals surface area contributed by atoms with E-state index in [-0.39, 0.29) is 35.0 Å². The quantitative estimate of drug-likeness (QED) is 0.705. The van der Waals surface area contributed by atoms with E-state index in [1.54, 1.807) is 0 Å². The number of carbonyl (C=O) groups excluding carboxylic acids is 1. The van der Waals surface area contributed by atoms with Crippen molar-refractivity contribution in [3.8, 4) is 0 Å². The van der Waals surface area contributed by atoms with E-state index in [0.717, 1.165) is 18.2 Å². The molecular weight excluding hydrogens is 297 g/mol. The van der Waals surface area contributed by atoms with Crippen LogP contribution < -0.4 is 15.8 Å². The molecule has 0 aliphatic carbocycles. The van der Waals surface area contributed by atoms with Crippen LogP contribution in [0.3, 0.4) is 0 Å². The van der Waals surface area contributed by atoms with Crippen molar-refractivity contribution in [2.75, 3.05) is 12.3 Å². The number of hydrogen-bond donors (Lipinski definition) is 3. The van der Waals surface area contributed by atoms with Crippen LogP contribution in [0, 0.1) is 5.82 Å². The molecule has 0 saturated carbocycles. The molecule has 0 spiro atoms. The molecule has 0 unspecified atom stereocenters. The number of anilines is 1. The Kier molecular flexibility index (Phi) is 5.30. The van der Waals surface area contributed by atoms with Crippen molar-refractivity contribution in [3.05, 3.63) is 24.0 Å². The lowest BCUT2D eigenvalue weighted by atomic mass is 10.1. The second-order valence-electron chi connectivity index (χ2n) is 5.67. The summed E-state index contributed by atoms with van der Waals surface area (Å²) in [5.74, 6) is -1.01. The van der Waals surface area contributed by atoms with E-state index in [1.165, 1.54) is 0 Å². The topological polar surface area (TPSA) is 101 Å². The van der Waals surface area contributed by atoms with E-state index in [2.05, 4.69) is 10.0 Å². The molecule has 0 fully saturated rings. The van der Waals surface area contributed by atoms with Gasteiger partial charge < -0.3 is 11.1 Å². The maximum Gasteiger partial charge on any atom is 0.240 e. The molecule has 0 aromatic heterocycles. The zero-order chi connectivity index (χ0) is 16.3. The van der Waals surface area contributed by atoms with Crippen LogP contribution in [0.2, 0.25) is 0 Å². The number of nitrogens with two attached hydrogens (primary N) is 1. The molecule has 1 aromatic carbocycles. The predicted molar refractivity (Wildman–Crippen MR) is 78.5 cm³/mol. The van der Waals surface area contributed by atoms with Crippen LogP contribution >= 0.6 is 0 Å². The summed E-state index contributed by atoms with van der Waals surface area (Å²) in [6.45, 7) is 5.39. The second kappa shape index (κ2) is 6.40. The lowest BCUT2D eigenvalue weighted by Crippen LogP contribution is -2.41. The van der Waals surface area contributed by atoms with Crippen molar-refractivity contribution in [1.29, 1.82) is 0 Å². The monoisotopic (exact) mass is 317 g/mol. The largest absolute Gasteiger partial charge is 0.399 e.